The first-order valence-electron chi connectivity index (χ1n) is 7.25. The highest BCUT2D eigenvalue weighted by atomic mass is 14.3. The van der Waals surface area contributed by atoms with Crippen LogP contribution in [0.1, 0.15) is 61.8 Å². The van der Waals surface area contributed by atoms with Crippen LogP contribution in [0.4, 0.5) is 0 Å². The lowest BCUT2D eigenvalue weighted by Gasteiger charge is -2.30. The third-order valence-electron chi connectivity index (χ3n) is 4.05. The van der Waals surface area contributed by atoms with Crippen molar-refractivity contribution in [3.8, 4) is 0 Å². The van der Waals surface area contributed by atoms with Gasteiger partial charge in [-0.15, -0.1) is 0 Å². The molecule has 0 nitrogen and oxygen atoms in total. The molecule has 0 aromatic rings. The molecule has 0 aromatic heterocycles. The van der Waals surface area contributed by atoms with Crippen molar-refractivity contribution in [2.75, 3.05) is 0 Å². The monoisotopic (exact) mass is 246 g/mol. The summed E-state index contributed by atoms with van der Waals surface area (Å²) < 4.78 is 0. The average molecular weight is 246 g/mol. The Bertz CT molecular complexity index is 394. The minimum Gasteiger partial charge on any atom is -0.0779 e. The fraction of sp³-hybridized carbons (Fsp3) is 0.667. The van der Waals surface area contributed by atoms with E-state index in [9.17, 15) is 0 Å². The molecule has 0 heterocycles. The van der Waals surface area contributed by atoms with Crippen molar-refractivity contribution in [2.24, 2.45) is 17.3 Å². The zero-order valence-corrected chi connectivity index (χ0v) is 13.5. The van der Waals surface area contributed by atoms with E-state index in [1.165, 1.54) is 23.1 Å². The predicted octanol–water partition coefficient (Wildman–Crippen LogP) is 5.92. The molecule has 102 valence electrons. The van der Waals surface area contributed by atoms with Gasteiger partial charge in [-0.1, -0.05) is 59.3 Å². The lowest BCUT2D eigenvalue weighted by Crippen LogP contribution is -2.15. The maximum atomic E-state index is 2.45. The van der Waals surface area contributed by atoms with Gasteiger partial charge in [0.1, 0.15) is 0 Å². The first-order valence-corrected chi connectivity index (χ1v) is 7.25. The number of rotatable bonds is 2. The number of hydrogen-bond donors (Lipinski definition) is 0. The van der Waals surface area contributed by atoms with Crippen LogP contribution in [0.2, 0.25) is 0 Å². The Morgan fingerprint density at radius 1 is 1.28 bits per heavy atom. The minimum atomic E-state index is 0.254. The fourth-order valence-electron chi connectivity index (χ4n) is 2.72. The molecule has 0 spiro atoms. The van der Waals surface area contributed by atoms with Gasteiger partial charge in [0.05, 0.1) is 0 Å². The quantitative estimate of drug-likeness (QED) is 0.567. The maximum Gasteiger partial charge on any atom is -0.0170 e. The Balaban J connectivity index is 3.29. The molecule has 0 radical (unpaired) electrons. The van der Waals surface area contributed by atoms with Crippen LogP contribution in [0.15, 0.2) is 34.4 Å². The third kappa shape index (κ3) is 3.37. The van der Waals surface area contributed by atoms with Gasteiger partial charge in [-0.2, -0.15) is 0 Å². The van der Waals surface area contributed by atoms with Gasteiger partial charge in [-0.25, -0.2) is 0 Å². The van der Waals surface area contributed by atoms with Crippen LogP contribution < -0.4 is 0 Å². The highest BCUT2D eigenvalue weighted by Crippen LogP contribution is 2.38. The summed E-state index contributed by atoms with van der Waals surface area (Å²) in [6.07, 6.45) is 6.05. The molecule has 0 aliphatic heterocycles. The summed E-state index contributed by atoms with van der Waals surface area (Å²) in [7, 11) is 0. The lowest BCUT2D eigenvalue weighted by molar-refractivity contribution is 0.490. The first kappa shape index (κ1) is 15.3. The van der Waals surface area contributed by atoms with Crippen LogP contribution in [-0.2, 0) is 0 Å². The molecule has 0 N–H and O–H groups in total. The largest absolute Gasteiger partial charge is 0.0779 e. The van der Waals surface area contributed by atoms with E-state index < -0.39 is 0 Å². The highest BCUT2D eigenvalue weighted by molar-refractivity contribution is 5.51. The van der Waals surface area contributed by atoms with Gasteiger partial charge in [-0.05, 0) is 54.2 Å². The van der Waals surface area contributed by atoms with Crippen LogP contribution in [0, 0.1) is 17.3 Å². The van der Waals surface area contributed by atoms with E-state index in [2.05, 4.69) is 67.5 Å². The molecular weight excluding hydrogens is 216 g/mol. The van der Waals surface area contributed by atoms with E-state index in [0.717, 1.165) is 0 Å². The molecule has 1 atom stereocenters. The summed E-state index contributed by atoms with van der Waals surface area (Å²) in [6.45, 7) is 18.4. The second-order valence-corrected chi connectivity index (χ2v) is 7.12. The van der Waals surface area contributed by atoms with Gasteiger partial charge in [0.25, 0.3) is 0 Å². The molecule has 0 heteroatoms. The van der Waals surface area contributed by atoms with E-state index in [1.807, 2.05) is 0 Å². The van der Waals surface area contributed by atoms with Crippen molar-refractivity contribution in [3.05, 3.63) is 34.4 Å². The van der Waals surface area contributed by atoms with E-state index in [1.54, 1.807) is 5.57 Å². The molecule has 0 fully saturated rings. The van der Waals surface area contributed by atoms with E-state index in [0.29, 0.717) is 11.8 Å². The summed E-state index contributed by atoms with van der Waals surface area (Å²) in [4.78, 5) is 0. The second kappa shape index (κ2) is 5.47. The lowest BCUT2D eigenvalue weighted by atomic mass is 9.75. The Morgan fingerprint density at radius 3 is 2.22 bits per heavy atom. The standard InChI is InChI=1S/C18H30/c1-12(2)17(15(5)18(6,7)8)16-10-9-13(3)11-14(16)4/h10-13H,9H2,1-8H3/b17-15+. The molecule has 1 unspecified atom stereocenters. The summed E-state index contributed by atoms with van der Waals surface area (Å²) in [6, 6.07) is 0. The number of allylic oxidation sites excluding steroid dienone is 6. The molecule has 0 amide bonds. The van der Waals surface area contributed by atoms with Crippen LogP contribution in [0.25, 0.3) is 0 Å². The molecule has 1 rings (SSSR count). The highest BCUT2D eigenvalue weighted by Gasteiger charge is 2.23. The average Bonchev–Trinajstić information content (AvgIpc) is 2.19. The minimum absolute atomic E-state index is 0.254. The smallest absolute Gasteiger partial charge is 0.0170 e. The molecule has 18 heavy (non-hydrogen) atoms. The van der Waals surface area contributed by atoms with Gasteiger partial charge >= 0.3 is 0 Å². The fourth-order valence-corrected chi connectivity index (χ4v) is 2.72. The van der Waals surface area contributed by atoms with Crippen molar-refractivity contribution in [1.82, 2.24) is 0 Å². The maximum absolute atomic E-state index is 2.45. The van der Waals surface area contributed by atoms with Gasteiger partial charge in [-0.3, -0.25) is 0 Å². The van der Waals surface area contributed by atoms with Crippen LogP contribution in [0.5, 0.6) is 0 Å². The summed E-state index contributed by atoms with van der Waals surface area (Å²) in [5.41, 5.74) is 6.30. The van der Waals surface area contributed by atoms with Crippen molar-refractivity contribution in [3.63, 3.8) is 0 Å². The Hall–Kier alpha value is -0.780. The summed E-state index contributed by atoms with van der Waals surface area (Å²) in [5.74, 6) is 1.28. The Kier molecular flexibility index (Phi) is 4.64. The molecule has 0 aromatic carbocycles. The van der Waals surface area contributed by atoms with E-state index >= 15 is 0 Å². The zero-order chi connectivity index (χ0) is 14.1. The van der Waals surface area contributed by atoms with Crippen LogP contribution >= 0.6 is 0 Å². The molecule has 1 aliphatic carbocycles. The topological polar surface area (TPSA) is 0 Å². The van der Waals surface area contributed by atoms with Gasteiger partial charge < -0.3 is 0 Å². The van der Waals surface area contributed by atoms with Crippen LogP contribution in [0.3, 0.4) is 0 Å². The van der Waals surface area contributed by atoms with Gasteiger partial charge in [0, 0.05) is 0 Å². The zero-order valence-electron chi connectivity index (χ0n) is 13.5. The van der Waals surface area contributed by atoms with Crippen molar-refractivity contribution < 1.29 is 0 Å². The first-order chi connectivity index (χ1) is 8.14. The van der Waals surface area contributed by atoms with E-state index in [-0.39, 0.29) is 5.41 Å². The second-order valence-electron chi connectivity index (χ2n) is 7.12. The molecule has 0 bridgehead atoms. The van der Waals surface area contributed by atoms with Crippen LogP contribution in [-0.4, -0.2) is 0 Å². The third-order valence-corrected chi connectivity index (χ3v) is 4.05. The van der Waals surface area contributed by atoms with E-state index in [4.69, 9.17) is 0 Å². The normalized spacial score (nSPS) is 22.6. The molecule has 1 aliphatic rings. The summed E-state index contributed by atoms with van der Waals surface area (Å²) >= 11 is 0. The molecule has 0 saturated heterocycles. The van der Waals surface area contributed by atoms with Crippen molar-refractivity contribution >= 4 is 0 Å². The van der Waals surface area contributed by atoms with Crippen molar-refractivity contribution in [2.45, 2.75) is 61.8 Å². The molecular formula is C18H30. The summed E-state index contributed by atoms with van der Waals surface area (Å²) in [5, 5.41) is 0. The molecule has 0 saturated carbocycles. The Labute approximate surface area is 114 Å². The predicted molar refractivity (Wildman–Crippen MR) is 82.6 cm³/mol. The van der Waals surface area contributed by atoms with Crippen molar-refractivity contribution in [1.29, 1.82) is 0 Å². The van der Waals surface area contributed by atoms with Gasteiger partial charge in [0.2, 0.25) is 0 Å². The number of hydrogen-bond acceptors (Lipinski definition) is 0. The van der Waals surface area contributed by atoms with Gasteiger partial charge in [0.15, 0.2) is 0 Å². The SMILES string of the molecule is CC1=CC(C)CC=C1/C(=C(\C)C(C)(C)C)C(C)C. The Morgan fingerprint density at radius 2 is 1.83 bits per heavy atom.